The van der Waals surface area contributed by atoms with Gasteiger partial charge < -0.3 is 9.32 Å². The van der Waals surface area contributed by atoms with Crippen molar-refractivity contribution in [1.29, 1.82) is 0 Å². The molecule has 4 nitrogen and oxygen atoms in total. The lowest BCUT2D eigenvalue weighted by Gasteiger charge is -2.35. The van der Waals surface area contributed by atoms with E-state index in [1.165, 1.54) is 12.1 Å². The highest BCUT2D eigenvalue weighted by Gasteiger charge is 2.18. The number of nitrogens with zero attached hydrogens (tertiary/aromatic N) is 3. The molecule has 0 spiro atoms. The van der Waals surface area contributed by atoms with Crippen molar-refractivity contribution in [3.63, 3.8) is 0 Å². The van der Waals surface area contributed by atoms with Crippen molar-refractivity contribution in [3.8, 4) is 11.5 Å². The lowest BCUT2D eigenvalue weighted by atomic mass is 10.2. The summed E-state index contributed by atoms with van der Waals surface area (Å²) in [6.45, 7) is 4.54. The molecule has 4 rings (SSSR count). The Kier molecular flexibility index (Phi) is 4.48. The highest BCUT2D eigenvalue weighted by atomic mass is 19.1. The van der Waals surface area contributed by atoms with Gasteiger partial charge >= 0.3 is 0 Å². The van der Waals surface area contributed by atoms with E-state index in [9.17, 15) is 4.39 Å². The second kappa shape index (κ2) is 7.07. The minimum atomic E-state index is -0.192. The molecule has 1 aliphatic heterocycles. The van der Waals surface area contributed by atoms with Crippen LogP contribution < -0.4 is 4.90 Å². The molecular formula is C20H20FN3O. The first-order valence-electron chi connectivity index (χ1n) is 8.51. The van der Waals surface area contributed by atoms with Crippen molar-refractivity contribution in [3.05, 3.63) is 72.4 Å². The summed E-state index contributed by atoms with van der Waals surface area (Å²) in [5, 5.41) is 0. The average Bonchev–Trinajstić information content (AvgIpc) is 3.12. The lowest BCUT2D eigenvalue weighted by molar-refractivity contribution is 0.247. The Labute approximate surface area is 146 Å². The summed E-state index contributed by atoms with van der Waals surface area (Å²) < 4.78 is 18.7. The van der Waals surface area contributed by atoms with Gasteiger partial charge in [-0.2, -0.15) is 0 Å². The summed E-state index contributed by atoms with van der Waals surface area (Å²) in [4.78, 5) is 9.25. The van der Waals surface area contributed by atoms with Crippen LogP contribution in [0, 0.1) is 5.82 Å². The van der Waals surface area contributed by atoms with Crippen LogP contribution in [0.25, 0.3) is 11.5 Å². The van der Waals surface area contributed by atoms with Gasteiger partial charge in [0.25, 0.3) is 0 Å². The summed E-state index contributed by atoms with van der Waals surface area (Å²) >= 11 is 0. The molecule has 5 heteroatoms. The molecular weight excluding hydrogens is 317 g/mol. The average molecular weight is 337 g/mol. The molecule has 0 atom stereocenters. The van der Waals surface area contributed by atoms with Crippen LogP contribution >= 0.6 is 0 Å². The van der Waals surface area contributed by atoms with Crippen LogP contribution in [0.5, 0.6) is 0 Å². The molecule has 3 aromatic rings. The minimum Gasteiger partial charge on any atom is -0.444 e. The fourth-order valence-electron chi connectivity index (χ4n) is 3.14. The first kappa shape index (κ1) is 15.8. The number of aromatic nitrogens is 1. The maximum absolute atomic E-state index is 13.0. The summed E-state index contributed by atoms with van der Waals surface area (Å²) in [6.07, 6.45) is 1.74. The Hall–Kier alpha value is -2.66. The molecule has 2 aromatic carbocycles. The second-order valence-electron chi connectivity index (χ2n) is 6.25. The van der Waals surface area contributed by atoms with Crippen LogP contribution in [-0.2, 0) is 6.54 Å². The minimum absolute atomic E-state index is 0.192. The van der Waals surface area contributed by atoms with Gasteiger partial charge in [-0.25, -0.2) is 9.37 Å². The van der Waals surface area contributed by atoms with Crippen LogP contribution in [0.4, 0.5) is 10.1 Å². The van der Waals surface area contributed by atoms with Gasteiger partial charge in [0.15, 0.2) is 0 Å². The van der Waals surface area contributed by atoms with Crippen LogP contribution in [-0.4, -0.2) is 36.1 Å². The van der Waals surface area contributed by atoms with Crippen LogP contribution in [0.15, 0.2) is 65.3 Å². The first-order chi connectivity index (χ1) is 12.3. The van der Waals surface area contributed by atoms with Gasteiger partial charge in [0.2, 0.25) is 5.89 Å². The molecule has 1 fully saturated rings. The van der Waals surface area contributed by atoms with Gasteiger partial charge in [-0.3, -0.25) is 4.90 Å². The standard InChI is InChI=1S/C20H20FN3O/c21-17-6-8-19(9-7-17)24-12-10-23(11-13-24)14-18-15-25-20(22-18)16-4-2-1-3-5-16/h1-9,15H,10-14H2. The number of anilines is 1. The van der Waals surface area contributed by atoms with Crippen molar-refractivity contribution in [2.24, 2.45) is 0 Å². The van der Waals surface area contributed by atoms with Crippen molar-refractivity contribution >= 4 is 5.69 Å². The number of benzene rings is 2. The summed E-state index contributed by atoms with van der Waals surface area (Å²) in [7, 11) is 0. The van der Waals surface area contributed by atoms with Crippen LogP contribution in [0.3, 0.4) is 0 Å². The quantitative estimate of drug-likeness (QED) is 0.725. The third-order valence-corrected chi connectivity index (χ3v) is 4.52. The zero-order valence-electron chi connectivity index (χ0n) is 13.9. The Morgan fingerprint density at radius 1 is 0.920 bits per heavy atom. The van der Waals surface area contributed by atoms with E-state index < -0.39 is 0 Å². The van der Waals surface area contributed by atoms with E-state index in [0.29, 0.717) is 5.89 Å². The van der Waals surface area contributed by atoms with E-state index in [1.54, 1.807) is 6.26 Å². The summed E-state index contributed by atoms with van der Waals surface area (Å²) in [5.41, 5.74) is 3.03. The fourth-order valence-corrected chi connectivity index (χ4v) is 3.14. The second-order valence-corrected chi connectivity index (χ2v) is 6.25. The molecule has 1 saturated heterocycles. The highest BCUT2D eigenvalue weighted by molar-refractivity contribution is 5.52. The SMILES string of the molecule is Fc1ccc(N2CCN(Cc3coc(-c4ccccc4)n3)CC2)cc1. The molecule has 1 aromatic heterocycles. The van der Waals surface area contributed by atoms with E-state index in [-0.39, 0.29) is 5.82 Å². The van der Waals surface area contributed by atoms with Gasteiger partial charge in [-0.15, -0.1) is 0 Å². The monoisotopic (exact) mass is 337 g/mol. The molecule has 1 aliphatic rings. The number of rotatable bonds is 4. The van der Waals surface area contributed by atoms with Gasteiger partial charge in [-0.05, 0) is 36.4 Å². The van der Waals surface area contributed by atoms with Gasteiger partial charge in [0, 0.05) is 44.0 Å². The number of hydrogen-bond donors (Lipinski definition) is 0. The van der Waals surface area contributed by atoms with Crippen molar-refractivity contribution in [1.82, 2.24) is 9.88 Å². The van der Waals surface area contributed by atoms with Crippen molar-refractivity contribution < 1.29 is 8.81 Å². The molecule has 128 valence electrons. The van der Waals surface area contributed by atoms with E-state index in [0.717, 1.165) is 49.7 Å². The molecule has 0 bridgehead atoms. The normalized spacial score (nSPS) is 15.5. The van der Waals surface area contributed by atoms with Gasteiger partial charge in [0.05, 0.1) is 5.69 Å². The largest absolute Gasteiger partial charge is 0.444 e. The third kappa shape index (κ3) is 3.72. The Morgan fingerprint density at radius 3 is 2.36 bits per heavy atom. The highest BCUT2D eigenvalue weighted by Crippen LogP contribution is 2.20. The molecule has 0 radical (unpaired) electrons. The van der Waals surface area contributed by atoms with Crippen molar-refractivity contribution in [2.45, 2.75) is 6.54 Å². The maximum Gasteiger partial charge on any atom is 0.226 e. The van der Waals surface area contributed by atoms with E-state index in [1.807, 2.05) is 42.5 Å². The summed E-state index contributed by atoms with van der Waals surface area (Å²) in [5.74, 6) is 0.475. The molecule has 0 N–H and O–H groups in total. The topological polar surface area (TPSA) is 32.5 Å². The molecule has 2 heterocycles. The maximum atomic E-state index is 13.0. The third-order valence-electron chi connectivity index (χ3n) is 4.52. The molecule has 0 amide bonds. The lowest BCUT2D eigenvalue weighted by Crippen LogP contribution is -2.46. The zero-order valence-corrected chi connectivity index (χ0v) is 13.9. The molecule has 0 aliphatic carbocycles. The fraction of sp³-hybridized carbons (Fsp3) is 0.250. The van der Waals surface area contributed by atoms with E-state index in [2.05, 4.69) is 14.8 Å². The number of oxazole rings is 1. The smallest absolute Gasteiger partial charge is 0.226 e. The first-order valence-corrected chi connectivity index (χ1v) is 8.51. The van der Waals surface area contributed by atoms with Crippen LogP contribution in [0.1, 0.15) is 5.69 Å². The molecule has 0 unspecified atom stereocenters. The Morgan fingerprint density at radius 2 is 1.64 bits per heavy atom. The number of hydrogen-bond acceptors (Lipinski definition) is 4. The van der Waals surface area contributed by atoms with E-state index in [4.69, 9.17) is 4.42 Å². The summed E-state index contributed by atoms with van der Waals surface area (Å²) in [6, 6.07) is 16.7. The number of piperazine rings is 1. The Bertz CT molecular complexity index is 808. The van der Waals surface area contributed by atoms with Crippen LogP contribution in [0.2, 0.25) is 0 Å². The van der Waals surface area contributed by atoms with Gasteiger partial charge in [0.1, 0.15) is 12.1 Å². The zero-order chi connectivity index (χ0) is 17.1. The predicted octanol–water partition coefficient (Wildman–Crippen LogP) is 3.80. The van der Waals surface area contributed by atoms with E-state index >= 15 is 0 Å². The number of halogens is 1. The van der Waals surface area contributed by atoms with Gasteiger partial charge in [-0.1, -0.05) is 18.2 Å². The Balaban J connectivity index is 1.34. The molecule has 0 saturated carbocycles. The predicted molar refractivity (Wildman–Crippen MR) is 95.8 cm³/mol. The van der Waals surface area contributed by atoms with Crippen molar-refractivity contribution in [2.75, 3.05) is 31.1 Å². The molecule has 25 heavy (non-hydrogen) atoms.